The molecule has 21 heavy (non-hydrogen) atoms. The van der Waals surface area contributed by atoms with Crippen molar-refractivity contribution in [3.05, 3.63) is 0 Å². The maximum absolute atomic E-state index is 12.0. The van der Waals surface area contributed by atoms with Gasteiger partial charge in [0.05, 0.1) is 5.92 Å². The second-order valence-corrected chi connectivity index (χ2v) is 6.42. The van der Waals surface area contributed by atoms with Gasteiger partial charge in [-0.05, 0) is 32.9 Å². The molecule has 0 aliphatic carbocycles. The minimum absolute atomic E-state index is 0.0623. The Balaban J connectivity index is 1.65. The van der Waals surface area contributed by atoms with Crippen molar-refractivity contribution in [3.63, 3.8) is 0 Å². The second-order valence-electron chi connectivity index (χ2n) is 6.42. The Morgan fingerprint density at radius 2 is 1.81 bits per heavy atom. The summed E-state index contributed by atoms with van der Waals surface area (Å²) in [5, 5.41) is 11.9. The van der Waals surface area contributed by atoms with Crippen LogP contribution in [0.1, 0.15) is 33.1 Å². The molecule has 2 saturated heterocycles. The number of amides is 2. The van der Waals surface area contributed by atoms with E-state index in [0.29, 0.717) is 25.7 Å². The SMILES string of the molecule is CC(C(=O)O)C1CN(C(=O)NCC(C)N2CCCCC2)C1. The number of aliphatic carboxylic acids is 1. The first-order chi connectivity index (χ1) is 9.99. The molecule has 0 radical (unpaired) electrons. The highest BCUT2D eigenvalue weighted by Crippen LogP contribution is 2.23. The average molecular weight is 297 g/mol. The first-order valence-electron chi connectivity index (χ1n) is 7.98. The van der Waals surface area contributed by atoms with Gasteiger partial charge in [-0.1, -0.05) is 13.3 Å². The lowest BCUT2D eigenvalue weighted by Crippen LogP contribution is -2.57. The van der Waals surface area contributed by atoms with Gasteiger partial charge in [0.1, 0.15) is 0 Å². The van der Waals surface area contributed by atoms with Crippen LogP contribution in [0.25, 0.3) is 0 Å². The number of nitrogens with one attached hydrogen (secondary N) is 1. The number of carboxylic acids is 1. The summed E-state index contributed by atoms with van der Waals surface area (Å²) in [5.74, 6) is -1.06. The summed E-state index contributed by atoms with van der Waals surface area (Å²) in [4.78, 5) is 27.0. The van der Waals surface area contributed by atoms with Gasteiger partial charge in [-0.15, -0.1) is 0 Å². The van der Waals surface area contributed by atoms with Gasteiger partial charge in [0, 0.05) is 31.6 Å². The van der Waals surface area contributed by atoms with Gasteiger partial charge in [-0.25, -0.2) is 4.79 Å². The van der Waals surface area contributed by atoms with E-state index in [0.717, 1.165) is 13.1 Å². The van der Waals surface area contributed by atoms with E-state index in [2.05, 4.69) is 17.1 Å². The lowest BCUT2D eigenvalue weighted by molar-refractivity contribution is -0.144. The molecule has 2 unspecified atom stereocenters. The van der Waals surface area contributed by atoms with Crippen molar-refractivity contribution < 1.29 is 14.7 Å². The third kappa shape index (κ3) is 4.09. The lowest BCUT2D eigenvalue weighted by atomic mass is 9.87. The summed E-state index contributed by atoms with van der Waals surface area (Å²) in [6.45, 7) is 7.87. The van der Waals surface area contributed by atoms with Crippen LogP contribution in [0, 0.1) is 11.8 Å². The molecule has 0 aromatic rings. The van der Waals surface area contributed by atoms with Crippen molar-refractivity contribution in [2.75, 3.05) is 32.7 Å². The fourth-order valence-corrected chi connectivity index (χ4v) is 3.03. The molecule has 0 aromatic carbocycles. The maximum Gasteiger partial charge on any atom is 0.317 e. The van der Waals surface area contributed by atoms with Crippen molar-refractivity contribution >= 4 is 12.0 Å². The summed E-state index contributed by atoms with van der Waals surface area (Å²) in [6.07, 6.45) is 3.81. The highest BCUT2D eigenvalue weighted by molar-refractivity contribution is 5.76. The molecule has 120 valence electrons. The molecule has 6 nitrogen and oxygen atoms in total. The van der Waals surface area contributed by atoms with E-state index in [1.807, 2.05) is 0 Å². The molecule has 2 atom stereocenters. The Kier molecular flexibility index (Phi) is 5.45. The van der Waals surface area contributed by atoms with E-state index < -0.39 is 5.97 Å². The molecule has 2 N–H and O–H groups in total. The largest absolute Gasteiger partial charge is 0.481 e. The van der Waals surface area contributed by atoms with Gasteiger partial charge in [0.15, 0.2) is 0 Å². The predicted octanol–water partition coefficient (Wildman–Crippen LogP) is 1.22. The van der Waals surface area contributed by atoms with Crippen LogP contribution in [0.4, 0.5) is 4.79 Å². The monoisotopic (exact) mass is 297 g/mol. The molecule has 2 fully saturated rings. The van der Waals surface area contributed by atoms with Crippen LogP contribution in [0.2, 0.25) is 0 Å². The normalized spacial score (nSPS) is 23.2. The first-order valence-corrected chi connectivity index (χ1v) is 7.98. The van der Waals surface area contributed by atoms with Crippen LogP contribution < -0.4 is 5.32 Å². The van der Waals surface area contributed by atoms with Gasteiger partial charge in [-0.2, -0.15) is 0 Å². The van der Waals surface area contributed by atoms with Crippen molar-refractivity contribution in [2.24, 2.45) is 11.8 Å². The number of rotatable bonds is 5. The van der Waals surface area contributed by atoms with Crippen LogP contribution in [-0.4, -0.2) is 65.7 Å². The molecule has 0 saturated carbocycles. The molecule has 2 rings (SSSR count). The van der Waals surface area contributed by atoms with E-state index in [1.165, 1.54) is 19.3 Å². The quantitative estimate of drug-likeness (QED) is 0.800. The fourth-order valence-electron chi connectivity index (χ4n) is 3.03. The number of nitrogens with zero attached hydrogens (tertiary/aromatic N) is 2. The Bertz CT molecular complexity index is 376. The smallest absolute Gasteiger partial charge is 0.317 e. The van der Waals surface area contributed by atoms with E-state index in [4.69, 9.17) is 5.11 Å². The molecule has 2 heterocycles. The molecule has 2 amide bonds. The number of carboxylic acid groups (broad SMARTS) is 1. The topological polar surface area (TPSA) is 72.9 Å². The maximum atomic E-state index is 12.0. The van der Waals surface area contributed by atoms with Crippen LogP contribution >= 0.6 is 0 Å². The Hall–Kier alpha value is -1.30. The standard InChI is InChI=1S/C15H27N3O3/c1-11(17-6-4-3-5-7-17)8-16-15(21)18-9-13(10-18)12(2)14(19)20/h11-13H,3-10H2,1-2H3,(H,16,21)(H,19,20). The van der Waals surface area contributed by atoms with E-state index in [-0.39, 0.29) is 17.9 Å². The number of carbonyl (C=O) groups excluding carboxylic acids is 1. The molecular weight excluding hydrogens is 270 g/mol. The number of piperidine rings is 1. The highest BCUT2D eigenvalue weighted by atomic mass is 16.4. The third-order valence-corrected chi connectivity index (χ3v) is 4.86. The Labute approximate surface area is 126 Å². The van der Waals surface area contributed by atoms with Crippen molar-refractivity contribution in [3.8, 4) is 0 Å². The number of likely N-dealkylation sites (tertiary alicyclic amines) is 2. The Morgan fingerprint density at radius 1 is 1.19 bits per heavy atom. The number of urea groups is 1. The highest BCUT2D eigenvalue weighted by Gasteiger charge is 2.37. The summed E-state index contributed by atoms with van der Waals surface area (Å²) in [5.41, 5.74) is 0. The minimum Gasteiger partial charge on any atom is -0.481 e. The molecular formula is C15H27N3O3. The number of hydrogen-bond acceptors (Lipinski definition) is 3. The number of carbonyl (C=O) groups is 2. The molecule has 0 spiro atoms. The van der Waals surface area contributed by atoms with Gasteiger partial charge in [0.2, 0.25) is 0 Å². The van der Waals surface area contributed by atoms with Crippen molar-refractivity contribution in [1.82, 2.24) is 15.1 Å². The molecule has 0 aromatic heterocycles. The van der Waals surface area contributed by atoms with Crippen LogP contribution in [-0.2, 0) is 4.79 Å². The fraction of sp³-hybridized carbons (Fsp3) is 0.867. The molecule has 2 aliphatic rings. The van der Waals surface area contributed by atoms with E-state index >= 15 is 0 Å². The van der Waals surface area contributed by atoms with E-state index in [1.54, 1.807) is 11.8 Å². The molecule has 0 bridgehead atoms. The van der Waals surface area contributed by atoms with Crippen molar-refractivity contribution in [1.29, 1.82) is 0 Å². The summed E-state index contributed by atoms with van der Waals surface area (Å²) < 4.78 is 0. The van der Waals surface area contributed by atoms with E-state index in [9.17, 15) is 9.59 Å². The summed E-state index contributed by atoms with van der Waals surface area (Å²) >= 11 is 0. The third-order valence-electron chi connectivity index (χ3n) is 4.86. The second kappa shape index (κ2) is 7.11. The zero-order valence-electron chi connectivity index (χ0n) is 13.0. The predicted molar refractivity (Wildman–Crippen MR) is 80.1 cm³/mol. The van der Waals surface area contributed by atoms with Gasteiger partial charge in [0.25, 0.3) is 0 Å². The van der Waals surface area contributed by atoms with Crippen LogP contribution in [0.5, 0.6) is 0 Å². The summed E-state index contributed by atoms with van der Waals surface area (Å²) in [6, 6.07) is 0.303. The van der Waals surface area contributed by atoms with Crippen LogP contribution in [0.3, 0.4) is 0 Å². The summed E-state index contributed by atoms with van der Waals surface area (Å²) in [7, 11) is 0. The van der Waals surface area contributed by atoms with Gasteiger partial charge >= 0.3 is 12.0 Å². The minimum atomic E-state index is -0.779. The zero-order valence-corrected chi connectivity index (χ0v) is 13.0. The van der Waals surface area contributed by atoms with Gasteiger partial charge < -0.3 is 15.3 Å². The van der Waals surface area contributed by atoms with Crippen LogP contribution in [0.15, 0.2) is 0 Å². The van der Waals surface area contributed by atoms with Crippen molar-refractivity contribution in [2.45, 2.75) is 39.2 Å². The van der Waals surface area contributed by atoms with Gasteiger partial charge in [-0.3, -0.25) is 9.69 Å². The molecule has 6 heteroatoms. The molecule has 2 aliphatic heterocycles. The zero-order chi connectivity index (χ0) is 15.4. The average Bonchev–Trinajstić information content (AvgIpc) is 2.43. The Morgan fingerprint density at radius 3 is 2.38 bits per heavy atom. The lowest BCUT2D eigenvalue weighted by Gasteiger charge is -2.41. The first kappa shape index (κ1) is 16.1. The number of hydrogen-bond donors (Lipinski definition) is 2.